The molecule has 2 rings (SSSR count). The Kier molecular flexibility index (Phi) is 7.91. The number of ether oxygens (including phenoxy) is 2. The lowest BCUT2D eigenvalue weighted by atomic mass is 9.78. The maximum Gasteiger partial charge on any atom is 0.262 e. The van der Waals surface area contributed by atoms with E-state index in [1.807, 2.05) is 12.1 Å². The molecule has 0 saturated heterocycles. The molecule has 1 aliphatic carbocycles. The van der Waals surface area contributed by atoms with Crippen LogP contribution in [0.15, 0.2) is 24.3 Å². The van der Waals surface area contributed by atoms with E-state index in [0.29, 0.717) is 34.5 Å². The molecule has 1 aromatic carbocycles. The number of hydrogen-bond donors (Lipinski definition) is 3. The fraction of sp³-hybridized carbons (Fsp3) is 0.500. The Morgan fingerprint density at radius 2 is 1.78 bits per heavy atom. The largest absolute Gasteiger partial charge is 0.497 e. The summed E-state index contributed by atoms with van der Waals surface area (Å²) in [5.41, 5.74) is 6.15. The minimum absolute atomic E-state index is 0.300. The molecule has 6 nitrogen and oxygen atoms in total. The molecular formula is C20H29N3O3S. The molecule has 27 heavy (non-hydrogen) atoms. The molecule has 0 aliphatic heterocycles. The second-order valence-electron chi connectivity index (χ2n) is 6.94. The third-order valence-electron chi connectivity index (χ3n) is 5.12. The molecule has 0 heterocycles. The van der Waals surface area contributed by atoms with Crippen LogP contribution in [0.25, 0.3) is 6.08 Å². The lowest BCUT2D eigenvalue weighted by Crippen LogP contribution is -2.52. The Hall–Kier alpha value is -2.28. The van der Waals surface area contributed by atoms with Gasteiger partial charge in [-0.1, -0.05) is 26.7 Å². The fourth-order valence-electron chi connectivity index (χ4n) is 3.25. The number of carbonyl (C=O) groups is 1. The summed E-state index contributed by atoms with van der Waals surface area (Å²) in [5.74, 6) is 2.25. The third-order valence-corrected chi connectivity index (χ3v) is 5.34. The monoisotopic (exact) mass is 391 g/mol. The van der Waals surface area contributed by atoms with Gasteiger partial charge in [-0.15, -0.1) is 0 Å². The molecule has 1 aromatic rings. The Balaban J connectivity index is 1.83. The first-order valence-electron chi connectivity index (χ1n) is 9.20. The first-order chi connectivity index (χ1) is 12.9. The van der Waals surface area contributed by atoms with Crippen LogP contribution in [0.3, 0.4) is 0 Å². The minimum atomic E-state index is -0.300. The summed E-state index contributed by atoms with van der Waals surface area (Å²) in [7, 11) is 3.17. The summed E-state index contributed by atoms with van der Waals surface area (Å²) in [5, 5.41) is 3.74. The summed E-state index contributed by atoms with van der Waals surface area (Å²) in [4.78, 5) is 12.0. The van der Waals surface area contributed by atoms with Crippen LogP contribution in [0.5, 0.6) is 11.5 Å². The fourth-order valence-corrected chi connectivity index (χ4v) is 3.45. The highest BCUT2D eigenvalue weighted by atomic mass is 32.1. The van der Waals surface area contributed by atoms with Crippen molar-refractivity contribution in [2.75, 3.05) is 14.2 Å². The minimum Gasteiger partial charge on any atom is -0.497 e. The Labute approximate surface area is 166 Å². The van der Waals surface area contributed by atoms with Crippen LogP contribution in [0.4, 0.5) is 0 Å². The number of hydrogen-bond acceptors (Lipinski definition) is 4. The highest BCUT2D eigenvalue weighted by molar-refractivity contribution is 7.80. The zero-order valence-electron chi connectivity index (χ0n) is 16.4. The molecule has 1 amide bonds. The predicted octanol–water partition coefficient (Wildman–Crippen LogP) is 3.04. The molecule has 1 aliphatic rings. The predicted molar refractivity (Wildman–Crippen MR) is 112 cm³/mol. The van der Waals surface area contributed by atoms with Gasteiger partial charge in [-0.3, -0.25) is 15.6 Å². The van der Waals surface area contributed by atoms with Gasteiger partial charge in [0.2, 0.25) is 0 Å². The molecule has 0 unspecified atom stereocenters. The summed E-state index contributed by atoms with van der Waals surface area (Å²) in [6.07, 6.45) is 6.67. The molecule has 0 aromatic heterocycles. The van der Waals surface area contributed by atoms with E-state index in [9.17, 15) is 4.79 Å². The van der Waals surface area contributed by atoms with E-state index in [1.165, 1.54) is 18.9 Å². The van der Waals surface area contributed by atoms with Crippen molar-refractivity contribution in [1.82, 2.24) is 16.2 Å². The number of amides is 1. The van der Waals surface area contributed by atoms with Gasteiger partial charge < -0.3 is 14.8 Å². The highest BCUT2D eigenvalue weighted by Gasteiger charge is 2.27. The number of rotatable bonds is 5. The second kappa shape index (κ2) is 10.2. The van der Waals surface area contributed by atoms with Gasteiger partial charge >= 0.3 is 0 Å². The van der Waals surface area contributed by atoms with Gasteiger partial charge in [0.25, 0.3) is 5.91 Å². The van der Waals surface area contributed by atoms with E-state index in [-0.39, 0.29) is 5.91 Å². The van der Waals surface area contributed by atoms with Crippen LogP contribution in [-0.4, -0.2) is 31.3 Å². The number of methoxy groups -OCH3 is 2. The van der Waals surface area contributed by atoms with Gasteiger partial charge in [0.1, 0.15) is 11.5 Å². The van der Waals surface area contributed by atoms with Crippen molar-refractivity contribution >= 4 is 29.3 Å². The van der Waals surface area contributed by atoms with E-state index in [1.54, 1.807) is 26.4 Å². The van der Waals surface area contributed by atoms with Crippen LogP contribution < -0.4 is 25.6 Å². The maximum atomic E-state index is 12.0. The summed E-state index contributed by atoms with van der Waals surface area (Å²) in [6.45, 7) is 4.52. The van der Waals surface area contributed by atoms with Gasteiger partial charge in [-0.25, -0.2) is 0 Å². The number of benzene rings is 1. The van der Waals surface area contributed by atoms with Crippen LogP contribution in [0.2, 0.25) is 0 Å². The molecule has 0 spiro atoms. The van der Waals surface area contributed by atoms with E-state index in [0.717, 1.165) is 12.0 Å². The standard InChI is InChI=1S/C20H29N3O3S/c1-13-6-5-7-18(14(13)2)21-20(27)23-22-19(24)9-8-15-10-16(25-3)12-17(11-15)26-4/h8-14,18H,5-7H2,1-4H3,(H,22,24)(H2,21,23,27)/b9-8+/t13-,14+,18-/m0/s1. The first kappa shape index (κ1) is 21.0. The molecular weight excluding hydrogens is 362 g/mol. The molecule has 3 N–H and O–H groups in total. The second-order valence-corrected chi connectivity index (χ2v) is 7.35. The highest BCUT2D eigenvalue weighted by Crippen LogP contribution is 2.29. The van der Waals surface area contributed by atoms with Gasteiger partial charge in [0.15, 0.2) is 5.11 Å². The smallest absolute Gasteiger partial charge is 0.262 e. The van der Waals surface area contributed by atoms with Gasteiger partial charge in [0, 0.05) is 18.2 Å². The SMILES string of the molecule is COc1cc(/C=C/C(=O)NNC(=S)N[C@H]2CCC[C@H](C)[C@H]2C)cc(OC)c1. The Bertz CT molecular complexity index is 671. The van der Waals surface area contributed by atoms with E-state index < -0.39 is 0 Å². The van der Waals surface area contributed by atoms with Crippen molar-refractivity contribution < 1.29 is 14.3 Å². The summed E-state index contributed by atoms with van der Waals surface area (Å²) >= 11 is 5.29. The zero-order valence-corrected chi connectivity index (χ0v) is 17.2. The zero-order chi connectivity index (χ0) is 19.8. The quantitative estimate of drug-likeness (QED) is 0.407. The lowest BCUT2D eigenvalue weighted by Gasteiger charge is -2.35. The average molecular weight is 392 g/mol. The Morgan fingerprint density at radius 3 is 2.41 bits per heavy atom. The Morgan fingerprint density at radius 1 is 1.11 bits per heavy atom. The van der Waals surface area contributed by atoms with Crippen LogP contribution in [0.1, 0.15) is 38.7 Å². The van der Waals surface area contributed by atoms with Crippen molar-refractivity contribution in [3.63, 3.8) is 0 Å². The number of carbonyl (C=O) groups excluding carboxylic acids is 1. The van der Waals surface area contributed by atoms with Crippen molar-refractivity contribution in [1.29, 1.82) is 0 Å². The van der Waals surface area contributed by atoms with E-state index in [2.05, 4.69) is 30.0 Å². The molecule has 0 radical (unpaired) electrons. The van der Waals surface area contributed by atoms with Crippen molar-refractivity contribution in [3.05, 3.63) is 29.8 Å². The van der Waals surface area contributed by atoms with Crippen molar-refractivity contribution in [2.24, 2.45) is 11.8 Å². The third kappa shape index (κ3) is 6.43. The molecule has 148 valence electrons. The molecule has 7 heteroatoms. The van der Waals surface area contributed by atoms with Crippen molar-refractivity contribution in [3.8, 4) is 11.5 Å². The van der Waals surface area contributed by atoms with E-state index in [4.69, 9.17) is 21.7 Å². The van der Waals surface area contributed by atoms with E-state index >= 15 is 0 Å². The van der Waals surface area contributed by atoms with Crippen LogP contribution in [0, 0.1) is 11.8 Å². The first-order valence-corrected chi connectivity index (χ1v) is 9.61. The average Bonchev–Trinajstić information content (AvgIpc) is 2.68. The number of hydrazine groups is 1. The lowest BCUT2D eigenvalue weighted by molar-refractivity contribution is -0.116. The number of nitrogens with one attached hydrogen (secondary N) is 3. The summed E-state index contributed by atoms with van der Waals surface area (Å²) in [6, 6.07) is 5.75. The van der Waals surface area contributed by atoms with Crippen molar-refractivity contribution in [2.45, 2.75) is 39.2 Å². The van der Waals surface area contributed by atoms with Gasteiger partial charge in [0.05, 0.1) is 14.2 Å². The van der Waals surface area contributed by atoms with Gasteiger partial charge in [-0.05, 0) is 54.2 Å². The molecule has 1 fully saturated rings. The molecule has 1 saturated carbocycles. The number of thiocarbonyl (C=S) groups is 1. The molecule has 3 atom stereocenters. The summed E-state index contributed by atoms with van der Waals surface area (Å²) < 4.78 is 10.4. The van der Waals surface area contributed by atoms with Gasteiger partial charge in [-0.2, -0.15) is 0 Å². The van der Waals surface area contributed by atoms with Crippen LogP contribution in [-0.2, 0) is 4.79 Å². The maximum absolute atomic E-state index is 12.0. The molecule has 0 bridgehead atoms. The van der Waals surface area contributed by atoms with Crippen LogP contribution >= 0.6 is 12.2 Å². The normalized spacial score (nSPS) is 22.1. The topological polar surface area (TPSA) is 71.6 Å².